The third-order valence-corrected chi connectivity index (χ3v) is 6.19. The molecule has 3 atom stereocenters. The number of ether oxygens (including phenoxy) is 1. The van der Waals surface area contributed by atoms with E-state index in [4.69, 9.17) is 16.3 Å². The predicted octanol–water partition coefficient (Wildman–Crippen LogP) is 4.07. The minimum absolute atomic E-state index is 0.0368. The Morgan fingerprint density at radius 1 is 1.33 bits per heavy atom. The Bertz CT molecular complexity index is 752. The second kappa shape index (κ2) is 9.46. The molecule has 0 saturated heterocycles. The van der Waals surface area contributed by atoms with Gasteiger partial charge in [-0.05, 0) is 42.5 Å². The number of aromatic nitrogens is 3. The van der Waals surface area contributed by atoms with Gasteiger partial charge in [0.15, 0.2) is 5.82 Å². The first-order valence-electron chi connectivity index (χ1n) is 9.23. The first-order valence-corrected chi connectivity index (χ1v) is 10.6. The average molecular weight is 409 g/mol. The number of H-pyrrole nitrogens is 1. The van der Waals surface area contributed by atoms with Crippen LogP contribution in [0.2, 0.25) is 5.02 Å². The van der Waals surface area contributed by atoms with Gasteiger partial charge < -0.3 is 10.1 Å². The summed E-state index contributed by atoms with van der Waals surface area (Å²) in [6.45, 7) is 4.77. The quantitative estimate of drug-likeness (QED) is 0.675. The van der Waals surface area contributed by atoms with Gasteiger partial charge in [-0.3, -0.25) is 9.89 Å². The molecule has 3 rings (SSSR count). The maximum Gasteiger partial charge on any atom is 0.230 e. The van der Waals surface area contributed by atoms with E-state index in [-0.39, 0.29) is 18.6 Å². The maximum absolute atomic E-state index is 12.2. The van der Waals surface area contributed by atoms with Gasteiger partial charge in [-0.2, -0.15) is 0 Å². The topological polar surface area (TPSA) is 79.9 Å². The molecular weight excluding hydrogens is 384 g/mol. The number of halogens is 1. The Morgan fingerprint density at radius 2 is 2.11 bits per heavy atom. The van der Waals surface area contributed by atoms with Gasteiger partial charge >= 0.3 is 0 Å². The van der Waals surface area contributed by atoms with Crippen LogP contribution in [0.4, 0.5) is 0 Å². The van der Waals surface area contributed by atoms with Crippen molar-refractivity contribution in [1.29, 1.82) is 0 Å². The van der Waals surface area contributed by atoms with Gasteiger partial charge in [0.25, 0.3) is 0 Å². The number of amides is 1. The van der Waals surface area contributed by atoms with Crippen molar-refractivity contribution in [3.63, 3.8) is 0 Å². The van der Waals surface area contributed by atoms with Crippen LogP contribution in [0.25, 0.3) is 0 Å². The molecule has 8 heteroatoms. The summed E-state index contributed by atoms with van der Waals surface area (Å²) in [6, 6.07) is 7.41. The molecule has 2 N–H and O–H groups in total. The molecular formula is C19H25ClN4O2S. The molecule has 1 saturated carbocycles. The zero-order valence-corrected chi connectivity index (χ0v) is 17.1. The molecule has 6 nitrogen and oxygen atoms in total. The molecule has 0 spiro atoms. The monoisotopic (exact) mass is 408 g/mol. The maximum atomic E-state index is 12.2. The number of hydrogen-bond acceptors (Lipinski definition) is 5. The highest BCUT2D eigenvalue weighted by Gasteiger charge is 2.28. The van der Waals surface area contributed by atoms with Crippen molar-refractivity contribution < 1.29 is 9.53 Å². The van der Waals surface area contributed by atoms with Crippen LogP contribution in [0.3, 0.4) is 0 Å². The van der Waals surface area contributed by atoms with Gasteiger partial charge in [0.1, 0.15) is 12.4 Å². The molecule has 1 fully saturated rings. The first kappa shape index (κ1) is 20.0. The van der Waals surface area contributed by atoms with Crippen molar-refractivity contribution in [1.82, 2.24) is 20.5 Å². The Balaban J connectivity index is 1.42. The van der Waals surface area contributed by atoms with Crippen LogP contribution in [-0.4, -0.2) is 32.9 Å². The molecule has 1 aliphatic rings. The standard InChI is InChI=1S/C19H25ClN4O2S/c1-12-4-3-5-16(13(12)2)21-18(25)11-27-19-22-17(23-24-19)10-26-15-8-6-14(20)7-9-15/h6-9,12-13,16H,3-5,10-11H2,1-2H3,(H,21,25)(H,22,23,24)/t12-,13+,16+/m1/s1. The number of carbonyl (C=O) groups is 1. The van der Waals surface area contributed by atoms with E-state index in [1.165, 1.54) is 24.6 Å². The molecule has 1 aliphatic carbocycles. The number of nitrogens with one attached hydrogen (secondary N) is 2. The summed E-state index contributed by atoms with van der Waals surface area (Å²) in [4.78, 5) is 16.6. The number of aromatic amines is 1. The normalized spacial score (nSPS) is 22.4. The second-order valence-corrected chi connectivity index (χ2v) is 8.42. The Hall–Kier alpha value is -1.73. The molecule has 2 aromatic rings. The number of rotatable bonds is 7. The fourth-order valence-electron chi connectivity index (χ4n) is 3.25. The summed E-state index contributed by atoms with van der Waals surface area (Å²) in [6.07, 6.45) is 3.50. The van der Waals surface area contributed by atoms with Crippen LogP contribution in [0.15, 0.2) is 29.4 Å². The molecule has 27 heavy (non-hydrogen) atoms. The minimum atomic E-state index is 0.0368. The largest absolute Gasteiger partial charge is 0.486 e. The molecule has 1 aromatic heterocycles. The number of nitrogens with zero attached hydrogens (tertiary/aromatic N) is 2. The van der Waals surface area contributed by atoms with Crippen LogP contribution >= 0.6 is 23.4 Å². The van der Waals surface area contributed by atoms with E-state index >= 15 is 0 Å². The van der Waals surface area contributed by atoms with E-state index in [9.17, 15) is 4.79 Å². The summed E-state index contributed by atoms with van der Waals surface area (Å²) in [7, 11) is 0. The van der Waals surface area contributed by atoms with Crippen LogP contribution in [0.1, 0.15) is 38.9 Å². The van der Waals surface area contributed by atoms with Crippen LogP contribution in [0.5, 0.6) is 5.75 Å². The van der Waals surface area contributed by atoms with Crippen LogP contribution in [0, 0.1) is 11.8 Å². The highest BCUT2D eigenvalue weighted by molar-refractivity contribution is 7.99. The lowest BCUT2D eigenvalue weighted by Gasteiger charge is -2.34. The van der Waals surface area contributed by atoms with Gasteiger partial charge in [0.05, 0.1) is 5.75 Å². The smallest absolute Gasteiger partial charge is 0.230 e. The molecule has 0 bridgehead atoms. The van der Waals surface area contributed by atoms with Gasteiger partial charge in [0.2, 0.25) is 11.1 Å². The van der Waals surface area contributed by atoms with Crippen molar-refractivity contribution >= 4 is 29.3 Å². The van der Waals surface area contributed by atoms with E-state index in [1.54, 1.807) is 24.3 Å². The zero-order chi connectivity index (χ0) is 19.2. The van der Waals surface area contributed by atoms with E-state index in [1.807, 2.05) is 0 Å². The number of hydrogen-bond donors (Lipinski definition) is 2. The van der Waals surface area contributed by atoms with Crippen molar-refractivity contribution in [3.8, 4) is 5.75 Å². The lowest BCUT2D eigenvalue weighted by atomic mass is 9.78. The third-order valence-electron chi connectivity index (χ3n) is 5.09. The van der Waals surface area contributed by atoms with Crippen LogP contribution in [-0.2, 0) is 11.4 Å². The van der Waals surface area contributed by atoms with E-state index < -0.39 is 0 Å². The average Bonchev–Trinajstić information content (AvgIpc) is 3.11. The molecule has 0 aliphatic heterocycles. The van der Waals surface area contributed by atoms with Gasteiger partial charge in [-0.15, -0.1) is 5.10 Å². The van der Waals surface area contributed by atoms with Crippen LogP contribution < -0.4 is 10.1 Å². The fourth-order valence-corrected chi connectivity index (χ4v) is 4.01. The highest BCUT2D eigenvalue weighted by atomic mass is 35.5. The Morgan fingerprint density at radius 3 is 2.89 bits per heavy atom. The molecule has 0 unspecified atom stereocenters. The van der Waals surface area contributed by atoms with Gasteiger partial charge in [0, 0.05) is 11.1 Å². The zero-order valence-electron chi connectivity index (χ0n) is 15.6. The van der Waals surface area contributed by atoms with Crippen molar-refractivity contribution in [2.24, 2.45) is 11.8 Å². The summed E-state index contributed by atoms with van der Waals surface area (Å²) in [5.41, 5.74) is 0. The lowest BCUT2D eigenvalue weighted by molar-refractivity contribution is -0.120. The lowest BCUT2D eigenvalue weighted by Crippen LogP contribution is -2.44. The Kier molecular flexibility index (Phi) is 7.01. The highest BCUT2D eigenvalue weighted by Crippen LogP contribution is 2.29. The summed E-state index contributed by atoms with van der Waals surface area (Å²) in [5.74, 6) is 2.85. The van der Waals surface area contributed by atoms with E-state index in [0.29, 0.717) is 39.3 Å². The van der Waals surface area contributed by atoms with E-state index in [2.05, 4.69) is 34.3 Å². The minimum Gasteiger partial charge on any atom is -0.486 e. The predicted molar refractivity (Wildman–Crippen MR) is 107 cm³/mol. The molecule has 1 heterocycles. The summed E-state index contributed by atoms with van der Waals surface area (Å²) < 4.78 is 5.63. The van der Waals surface area contributed by atoms with Gasteiger partial charge in [-0.25, -0.2) is 4.98 Å². The third kappa shape index (κ3) is 5.87. The van der Waals surface area contributed by atoms with Crippen molar-refractivity contribution in [2.45, 2.75) is 50.9 Å². The van der Waals surface area contributed by atoms with E-state index in [0.717, 1.165) is 6.42 Å². The molecule has 1 amide bonds. The SMILES string of the molecule is C[C@H]1[C@H](C)CCC[C@@H]1NC(=O)CSc1n[nH]c(COc2ccc(Cl)cc2)n1. The number of carbonyl (C=O) groups excluding carboxylic acids is 1. The van der Waals surface area contributed by atoms with Gasteiger partial charge in [-0.1, -0.05) is 50.1 Å². The van der Waals surface area contributed by atoms with Crippen molar-refractivity contribution in [2.75, 3.05) is 5.75 Å². The first-order chi connectivity index (χ1) is 13.0. The molecule has 0 radical (unpaired) electrons. The molecule has 1 aromatic carbocycles. The fraction of sp³-hybridized carbons (Fsp3) is 0.526. The number of benzene rings is 1. The van der Waals surface area contributed by atoms with Crippen molar-refractivity contribution in [3.05, 3.63) is 35.1 Å². The Labute approximate surface area is 168 Å². The second-order valence-electron chi connectivity index (χ2n) is 7.04. The summed E-state index contributed by atoms with van der Waals surface area (Å²) >= 11 is 7.17. The summed E-state index contributed by atoms with van der Waals surface area (Å²) in [5, 5.41) is 11.4. The number of thioether (sulfide) groups is 1. The molecule has 146 valence electrons.